The van der Waals surface area contributed by atoms with E-state index in [-0.39, 0.29) is 12.5 Å². The number of hydrogen-bond acceptors (Lipinski definition) is 2. The number of nitrogens with one attached hydrogen (secondary N) is 1. The number of fused-ring (bicyclic) bond motifs is 1. The van der Waals surface area contributed by atoms with Gasteiger partial charge in [-0.25, -0.2) is 0 Å². The third-order valence-electron chi connectivity index (χ3n) is 4.02. The van der Waals surface area contributed by atoms with E-state index in [4.69, 9.17) is 4.74 Å². The van der Waals surface area contributed by atoms with E-state index >= 15 is 0 Å². The first-order valence-corrected chi connectivity index (χ1v) is 7.86. The van der Waals surface area contributed by atoms with E-state index in [1.54, 1.807) is 0 Å². The lowest BCUT2D eigenvalue weighted by Gasteiger charge is -2.16. The number of carbonyl (C=O) groups is 1. The van der Waals surface area contributed by atoms with E-state index in [2.05, 4.69) is 17.4 Å². The van der Waals surface area contributed by atoms with E-state index in [1.165, 1.54) is 24.0 Å². The van der Waals surface area contributed by atoms with Crippen LogP contribution < -0.4 is 10.1 Å². The molecule has 1 N–H and O–H groups in total. The van der Waals surface area contributed by atoms with Crippen molar-refractivity contribution in [3.8, 4) is 5.75 Å². The molecule has 0 unspecified atom stereocenters. The molecule has 22 heavy (non-hydrogen) atoms. The molecule has 3 rings (SSSR count). The zero-order chi connectivity index (χ0) is 15.2. The van der Waals surface area contributed by atoms with Gasteiger partial charge < -0.3 is 10.1 Å². The average Bonchev–Trinajstić information content (AvgIpc) is 2.59. The van der Waals surface area contributed by atoms with Gasteiger partial charge in [-0.3, -0.25) is 4.79 Å². The minimum Gasteiger partial charge on any atom is -0.484 e. The number of amides is 1. The third-order valence-corrected chi connectivity index (χ3v) is 4.02. The summed E-state index contributed by atoms with van der Waals surface area (Å²) in [5.41, 5.74) is 3.88. The molecule has 0 aliphatic heterocycles. The SMILES string of the molecule is O=C(COc1ccc2c(c1)CCCC2)NCc1ccccc1. The average molecular weight is 295 g/mol. The fourth-order valence-electron chi connectivity index (χ4n) is 2.80. The molecule has 0 bridgehead atoms. The molecule has 0 radical (unpaired) electrons. The van der Waals surface area contributed by atoms with Crippen molar-refractivity contribution in [2.45, 2.75) is 32.2 Å². The van der Waals surface area contributed by atoms with Crippen molar-refractivity contribution in [1.29, 1.82) is 0 Å². The fraction of sp³-hybridized carbons (Fsp3) is 0.316. The number of carbonyl (C=O) groups excluding carboxylic acids is 1. The first-order chi connectivity index (χ1) is 10.8. The Labute approximate surface area is 131 Å². The zero-order valence-electron chi connectivity index (χ0n) is 12.7. The van der Waals surface area contributed by atoms with Crippen LogP contribution in [-0.4, -0.2) is 12.5 Å². The van der Waals surface area contributed by atoms with Crippen LogP contribution in [0.4, 0.5) is 0 Å². The van der Waals surface area contributed by atoms with E-state index in [0.29, 0.717) is 6.54 Å². The summed E-state index contributed by atoms with van der Waals surface area (Å²) in [6, 6.07) is 16.1. The summed E-state index contributed by atoms with van der Waals surface area (Å²) in [7, 11) is 0. The Balaban J connectivity index is 1.48. The summed E-state index contributed by atoms with van der Waals surface area (Å²) in [5, 5.41) is 2.87. The highest BCUT2D eigenvalue weighted by Crippen LogP contribution is 2.25. The Morgan fingerprint density at radius 2 is 1.77 bits per heavy atom. The van der Waals surface area contributed by atoms with Gasteiger partial charge in [0, 0.05) is 6.54 Å². The minimum atomic E-state index is -0.0958. The smallest absolute Gasteiger partial charge is 0.258 e. The van der Waals surface area contributed by atoms with E-state index in [9.17, 15) is 4.79 Å². The molecule has 114 valence electrons. The summed E-state index contributed by atoms with van der Waals surface area (Å²) in [4.78, 5) is 11.8. The second-order valence-corrected chi connectivity index (χ2v) is 5.69. The van der Waals surface area contributed by atoms with Crippen molar-refractivity contribution in [3.05, 3.63) is 65.2 Å². The monoisotopic (exact) mass is 295 g/mol. The van der Waals surface area contributed by atoms with Crippen LogP contribution in [0, 0.1) is 0 Å². The first kappa shape index (κ1) is 14.6. The van der Waals surface area contributed by atoms with Gasteiger partial charge in [-0.15, -0.1) is 0 Å². The van der Waals surface area contributed by atoms with Crippen LogP contribution in [0.1, 0.15) is 29.5 Å². The Kier molecular flexibility index (Phi) is 4.74. The van der Waals surface area contributed by atoms with Gasteiger partial charge in [0.05, 0.1) is 0 Å². The quantitative estimate of drug-likeness (QED) is 0.919. The predicted molar refractivity (Wildman–Crippen MR) is 86.9 cm³/mol. The molecular weight excluding hydrogens is 274 g/mol. The van der Waals surface area contributed by atoms with Crippen LogP contribution >= 0.6 is 0 Å². The molecule has 0 heterocycles. The van der Waals surface area contributed by atoms with Crippen molar-refractivity contribution in [2.75, 3.05) is 6.61 Å². The van der Waals surface area contributed by atoms with Gasteiger partial charge in [-0.2, -0.15) is 0 Å². The van der Waals surface area contributed by atoms with Crippen molar-refractivity contribution in [1.82, 2.24) is 5.32 Å². The summed E-state index contributed by atoms with van der Waals surface area (Å²) in [6.07, 6.45) is 4.79. The molecule has 1 aliphatic rings. The maximum absolute atomic E-state index is 11.8. The first-order valence-electron chi connectivity index (χ1n) is 7.86. The molecule has 1 aliphatic carbocycles. The van der Waals surface area contributed by atoms with Crippen LogP contribution in [0.25, 0.3) is 0 Å². The van der Waals surface area contributed by atoms with Crippen LogP contribution in [0.3, 0.4) is 0 Å². The molecule has 3 heteroatoms. The summed E-state index contributed by atoms with van der Waals surface area (Å²) in [6.45, 7) is 0.596. The molecule has 0 saturated carbocycles. The molecule has 1 amide bonds. The third kappa shape index (κ3) is 3.88. The highest BCUT2D eigenvalue weighted by molar-refractivity contribution is 5.77. The van der Waals surface area contributed by atoms with Gasteiger partial charge in [0.25, 0.3) is 5.91 Å². The largest absolute Gasteiger partial charge is 0.484 e. The van der Waals surface area contributed by atoms with Crippen LogP contribution in [0.5, 0.6) is 5.75 Å². The van der Waals surface area contributed by atoms with Gasteiger partial charge in [0.1, 0.15) is 5.75 Å². The van der Waals surface area contributed by atoms with Gasteiger partial charge in [0.15, 0.2) is 6.61 Å². The number of aryl methyl sites for hydroxylation is 2. The standard InChI is InChI=1S/C19H21NO2/c21-19(20-13-15-6-2-1-3-7-15)14-22-18-11-10-16-8-4-5-9-17(16)12-18/h1-3,6-7,10-12H,4-5,8-9,13-14H2,(H,20,21). The Hall–Kier alpha value is -2.29. The van der Waals surface area contributed by atoms with E-state index in [0.717, 1.165) is 24.2 Å². The number of benzene rings is 2. The van der Waals surface area contributed by atoms with Crippen molar-refractivity contribution in [3.63, 3.8) is 0 Å². The number of hydrogen-bond donors (Lipinski definition) is 1. The van der Waals surface area contributed by atoms with E-state index < -0.39 is 0 Å². The zero-order valence-corrected chi connectivity index (χ0v) is 12.7. The maximum atomic E-state index is 11.8. The number of ether oxygens (including phenoxy) is 1. The van der Waals surface area contributed by atoms with Crippen molar-refractivity contribution in [2.24, 2.45) is 0 Å². The molecule has 0 fully saturated rings. The molecule has 0 aromatic heterocycles. The fourth-order valence-corrected chi connectivity index (χ4v) is 2.80. The highest BCUT2D eigenvalue weighted by atomic mass is 16.5. The summed E-state index contributed by atoms with van der Waals surface area (Å²) in [5.74, 6) is 0.692. The topological polar surface area (TPSA) is 38.3 Å². The molecule has 2 aromatic carbocycles. The summed E-state index contributed by atoms with van der Waals surface area (Å²) >= 11 is 0. The molecule has 3 nitrogen and oxygen atoms in total. The van der Waals surface area contributed by atoms with Gasteiger partial charge in [-0.05, 0) is 54.5 Å². The molecule has 0 atom stereocenters. The molecular formula is C19H21NO2. The van der Waals surface area contributed by atoms with Crippen molar-refractivity contribution >= 4 is 5.91 Å². The lowest BCUT2D eigenvalue weighted by atomic mass is 9.92. The maximum Gasteiger partial charge on any atom is 0.258 e. The Bertz CT molecular complexity index is 637. The second-order valence-electron chi connectivity index (χ2n) is 5.69. The Morgan fingerprint density at radius 1 is 1.00 bits per heavy atom. The number of rotatable bonds is 5. The van der Waals surface area contributed by atoms with Gasteiger partial charge in [0.2, 0.25) is 0 Å². The lowest BCUT2D eigenvalue weighted by molar-refractivity contribution is -0.123. The van der Waals surface area contributed by atoms with E-state index in [1.807, 2.05) is 36.4 Å². The molecule has 2 aromatic rings. The summed E-state index contributed by atoms with van der Waals surface area (Å²) < 4.78 is 5.61. The molecule has 0 saturated heterocycles. The van der Waals surface area contributed by atoms with Crippen LogP contribution in [0.2, 0.25) is 0 Å². The molecule has 0 spiro atoms. The Morgan fingerprint density at radius 3 is 2.59 bits per heavy atom. The lowest BCUT2D eigenvalue weighted by Crippen LogP contribution is -2.28. The van der Waals surface area contributed by atoms with Gasteiger partial charge >= 0.3 is 0 Å². The van der Waals surface area contributed by atoms with Crippen LogP contribution in [-0.2, 0) is 24.2 Å². The normalized spacial score (nSPS) is 13.3. The predicted octanol–water partition coefficient (Wildman–Crippen LogP) is 3.26. The minimum absolute atomic E-state index is 0.0611. The highest BCUT2D eigenvalue weighted by Gasteiger charge is 2.10. The van der Waals surface area contributed by atoms with Crippen molar-refractivity contribution < 1.29 is 9.53 Å². The van der Waals surface area contributed by atoms with Gasteiger partial charge in [-0.1, -0.05) is 36.4 Å². The van der Waals surface area contributed by atoms with Crippen LogP contribution in [0.15, 0.2) is 48.5 Å². The second kappa shape index (κ2) is 7.12.